The first-order chi connectivity index (χ1) is 6.63. The van der Waals surface area contributed by atoms with Gasteiger partial charge in [0.2, 0.25) is 12.4 Å². The van der Waals surface area contributed by atoms with Crippen LogP contribution in [0, 0.1) is 0 Å². The molecule has 0 aliphatic rings. The SMILES string of the molecule is CCc1ccc[n+](OC(=O)N(C)C)c1. The summed E-state index contributed by atoms with van der Waals surface area (Å²) in [5.74, 6) is 0. The van der Waals surface area contributed by atoms with Gasteiger partial charge in [0.05, 0.1) is 0 Å². The summed E-state index contributed by atoms with van der Waals surface area (Å²) in [4.78, 5) is 17.6. The molecule has 0 spiro atoms. The van der Waals surface area contributed by atoms with Gasteiger partial charge in [-0.25, -0.2) is 4.79 Å². The van der Waals surface area contributed by atoms with Crippen LogP contribution in [-0.2, 0) is 6.42 Å². The molecule has 1 heterocycles. The van der Waals surface area contributed by atoms with Crippen molar-refractivity contribution in [3.8, 4) is 0 Å². The van der Waals surface area contributed by atoms with E-state index in [1.54, 1.807) is 26.5 Å². The van der Waals surface area contributed by atoms with Crippen LogP contribution in [0.15, 0.2) is 24.5 Å². The van der Waals surface area contributed by atoms with Crippen LogP contribution in [0.2, 0.25) is 0 Å². The van der Waals surface area contributed by atoms with Gasteiger partial charge in [-0.2, -0.15) is 4.84 Å². The molecule has 0 unspecified atom stereocenters. The van der Waals surface area contributed by atoms with Crippen LogP contribution >= 0.6 is 0 Å². The Morgan fingerprint density at radius 1 is 1.57 bits per heavy atom. The summed E-state index contributed by atoms with van der Waals surface area (Å²) in [7, 11) is 3.29. The minimum atomic E-state index is -0.386. The van der Waals surface area contributed by atoms with E-state index in [0.717, 1.165) is 12.0 Å². The second-order valence-electron chi connectivity index (χ2n) is 3.18. The van der Waals surface area contributed by atoms with Crippen molar-refractivity contribution < 1.29 is 14.4 Å². The molecule has 0 aliphatic carbocycles. The monoisotopic (exact) mass is 195 g/mol. The van der Waals surface area contributed by atoms with Gasteiger partial charge >= 0.3 is 6.09 Å². The Hall–Kier alpha value is -1.58. The lowest BCUT2D eigenvalue weighted by Crippen LogP contribution is -2.49. The first-order valence-corrected chi connectivity index (χ1v) is 4.53. The van der Waals surface area contributed by atoms with Crippen molar-refractivity contribution in [1.82, 2.24) is 4.90 Å². The van der Waals surface area contributed by atoms with Gasteiger partial charge in [0.25, 0.3) is 0 Å². The quantitative estimate of drug-likeness (QED) is 0.649. The minimum absolute atomic E-state index is 0.386. The number of pyridine rings is 1. The number of aryl methyl sites for hydroxylation is 1. The maximum absolute atomic E-state index is 11.2. The molecule has 0 atom stereocenters. The lowest BCUT2D eigenvalue weighted by Gasteiger charge is -2.04. The molecule has 0 saturated heterocycles. The van der Waals surface area contributed by atoms with Crippen LogP contribution in [-0.4, -0.2) is 25.1 Å². The molecule has 1 aromatic heterocycles. The Kier molecular flexibility index (Phi) is 3.45. The van der Waals surface area contributed by atoms with Gasteiger partial charge in [-0.3, -0.25) is 0 Å². The van der Waals surface area contributed by atoms with Crippen molar-refractivity contribution in [3.63, 3.8) is 0 Å². The van der Waals surface area contributed by atoms with Crippen LogP contribution in [0.3, 0.4) is 0 Å². The number of carbonyl (C=O) groups is 1. The highest BCUT2D eigenvalue weighted by Crippen LogP contribution is 1.93. The predicted octanol–water partition coefficient (Wildman–Crippen LogP) is 0.647. The summed E-state index contributed by atoms with van der Waals surface area (Å²) < 4.78 is 1.42. The predicted molar refractivity (Wildman–Crippen MR) is 51.7 cm³/mol. The van der Waals surface area contributed by atoms with Crippen LogP contribution in [0.25, 0.3) is 0 Å². The fourth-order valence-electron chi connectivity index (χ4n) is 0.939. The Labute approximate surface area is 83.7 Å². The van der Waals surface area contributed by atoms with E-state index in [1.165, 1.54) is 9.63 Å². The average molecular weight is 195 g/mol. The highest BCUT2D eigenvalue weighted by atomic mass is 16.7. The summed E-state index contributed by atoms with van der Waals surface area (Å²) in [6.07, 6.45) is 4.02. The van der Waals surface area contributed by atoms with Crippen molar-refractivity contribution >= 4 is 6.09 Å². The molecular formula is C10H15N2O2+. The van der Waals surface area contributed by atoms with Crippen LogP contribution < -0.4 is 9.57 Å². The number of rotatable bonds is 2. The number of nitrogens with zero attached hydrogens (tertiary/aromatic N) is 2. The second-order valence-corrected chi connectivity index (χ2v) is 3.18. The normalized spacial score (nSPS) is 9.64. The third-order valence-corrected chi connectivity index (χ3v) is 1.79. The van der Waals surface area contributed by atoms with E-state index in [2.05, 4.69) is 0 Å². The first kappa shape index (κ1) is 10.5. The van der Waals surface area contributed by atoms with Crippen molar-refractivity contribution in [2.45, 2.75) is 13.3 Å². The molecule has 0 saturated carbocycles. The molecule has 0 aliphatic heterocycles. The van der Waals surface area contributed by atoms with Gasteiger partial charge < -0.3 is 4.90 Å². The lowest BCUT2D eigenvalue weighted by atomic mass is 10.2. The molecule has 0 fully saturated rings. The van der Waals surface area contributed by atoms with E-state index in [-0.39, 0.29) is 6.09 Å². The molecule has 14 heavy (non-hydrogen) atoms. The molecule has 1 amide bonds. The second kappa shape index (κ2) is 4.60. The van der Waals surface area contributed by atoms with Crippen molar-refractivity contribution in [3.05, 3.63) is 30.1 Å². The molecule has 4 nitrogen and oxygen atoms in total. The zero-order valence-electron chi connectivity index (χ0n) is 8.73. The van der Waals surface area contributed by atoms with Gasteiger partial charge in [-0.05, 0) is 12.5 Å². The summed E-state index contributed by atoms with van der Waals surface area (Å²) in [5, 5.41) is 0. The summed E-state index contributed by atoms with van der Waals surface area (Å²) in [6, 6.07) is 3.84. The fourth-order valence-corrected chi connectivity index (χ4v) is 0.939. The van der Waals surface area contributed by atoms with Gasteiger partial charge in [-0.15, -0.1) is 0 Å². The molecule has 4 heteroatoms. The van der Waals surface area contributed by atoms with E-state index < -0.39 is 0 Å². The van der Waals surface area contributed by atoms with E-state index in [9.17, 15) is 4.79 Å². The van der Waals surface area contributed by atoms with Gasteiger partial charge in [0.1, 0.15) is 0 Å². The molecule has 0 aromatic carbocycles. The Bertz CT molecular complexity index is 324. The van der Waals surface area contributed by atoms with Crippen LogP contribution in [0.1, 0.15) is 12.5 Å². The maximum atomic E-state index is 11.2. The molecule has 0 bridgehead atoms. The molecule has 0 radical (unpaired) electrons. The molecule has 1 rings (SSSR count). The van der Waals surface area contributed by atoms with Crippen molar-refractivity contribution in [2.75, 3.05) is 14.1 Å². The number of hydrogen-bond donors (Lipinski definition) is 0. The largest absolute Gasteiger partial charge is 0.477 e. The van der Waals surface area contributed by atoms with Crippen molar-refractivity contribution in [1.29, 1.82) is 0 Å². The first-order valence-electron chi connectivity index (χ1n) is 4.53. The number of aromatic nitrogens is 1. The minimum Gasteiger partial charge on any atom is -0.309 e. The molecular weight excluding hydrogens is 180 g/mol. The Morgan fingerprint density at radius 3 is 2.86 bits per heavy atom. The average Bonchev–Trinajstić information content (AvgIpc) is 2.18. The van der Waals surface area contributed by atoms with E-state index in [0.29, 0.717) is 0 Å². The van der Waals surface area contributed by atoms with Gasteiger partial charge in [0.15, 0.2) is 0 Å². The van der Waals surface area contributed by atoms with Crippen LogP contribution in [0.4, 0.5) is 4.79 Å². The molecule has 1 aromatic rings. The van der Waals surface area contributed by atoms with E-state index in [1.807, 2.05) is 19.1 Å². The number of hydrogen-bond acceptors (Lipinski definition) is 2. The summed E-state index contributed by atoms with van der Waals surface area (Å²) >= 11 is 0. The van der Waals surface area contributed by atoms with E-state index >= 15 is 0 Å². The maximum Gasteiger partial charge on any atom is 0.477 e. The van der Waals surface area contributed by atoms with Crippen molar-refractivity contribution in [2.24, 2.45) is 0 Å². The standard InChI is InChI=1S/C10H15N2O2/c1-4-9-6-5-7-12(8-9)14-10(13)11(2)3/h5-8H,4H2,1-3H3/q+1. The zero-order chi connectivity index (χ0) is 10.6. The van der Waals surface area contributed by atoms with Gasteiger partial charge in [-0.1, -0.05) is 6.92 Å². The number of amides is 1. The lowest BCUT2D eigenvalue weighted by molar-refractivity contribution is -0.869. The van der Waals surface area contributed by atoms with Gasteiger partial charge in [0, 0.05) is 30.5 Å². The highest BCUT2D eigenvalue weighted by molar-refractivity contribution is 5.66. The summed E-state index contributed by atoms with van der Waals surface area (Å²) in [5.41, 5.74) is 1.12. The Morgan fingerprint density at radius 2 is 2.29 bits per heavy atom. The molecule has 76 valence electrons. The topological polar surface area (TPSA) is 33.4 Å². The fraction of sp³-hybridized carbons (Fsp3) is 0.400. The third-order valence-electron chi connectivity index (χ3n) is 1.79. The highest BCUT2D eigenvalue weighted by Gasteiger charge is 2.12. The van der Waals surface area contributed by atoms with Crippen LogP contribution in [0.5, 0.6) is 0 Å². The Balaban J connectivity index is 2.72. The third kappa shape index (κ3) is 2.73. The molecule has 0 N–H and O–H groups in total. The van der Waals surface area contributed by atoms with E-state index in [4.69, 9.17) is 4.84 Å². The smallest absolute Gasteiger partial charge is 0.309 e. The summed E-state index contributed by atoms with van der Waals surface area (Å²) in [6.45, 7) is 2.05. The zero-order valence-corrected chi connectivity index (χ0v) is 8.73. The number of carbonyl (C=O) groups excluding carboxylic acids is 1.